The van der Waals surface area contributed by atoms with Crippen molar-refractivity contribution in [2.24, 2.45) is 0 Å². The van der Waals surface area contributed by atoms with Crippen LogP contribution in [0.5, 0.6) is 0 Å². The van der Waals surface area contributed by atoms with Crippen molar-refractivity contribution in [3.63, 3.8) is 0 Å². The zero-order chi connectivity index (χ0) is 10.1. The van der Waals surface area contributed by atoms with E-state index in [1.54, 1.807) is 0 Å². The fourth-order valence-corrected chi connectivity index (χ4v) is 2.33. The largest absolute Gasteiger partial charge is 0.345 e. The van der Waals surface area contributed by atoms with Gasteiger partial charge in [-0.3, -0.25) is 4.98 Å². The van der Waals surface area contributed by atoms with E-state index in [1.165, 1.54) is 36.2 Å². The number of fused-ring (bicyclic) bond motifs is 1. The van der Waals surface area contributed by atoms with Gasteiger partial charge in [0.2, 0.25) is 0 Å². The minimum absolute atomic E-state index is 1.16. The number of hydrogen-bond donors (Lipinski definition) is 0. The van der Waals surface area contributed by atoms with Crippen LogP contribution >= 0.6 is 0 Å². The van der Waals surface area contributed by atoms with Crippen molar-refractivity contribution in [1.29, 1.82) is 0 Å². The van der Waals surface area contributed by atoms with E-state index in [4.69, 9.17) is 0 Å². The van der Waals surface area contributed by atoms with Crippen LogP contribution in [0.2, 0.25) is 0 Å². The second kappa shape index (κ2) is 3.54. The Bertz CT molecular complexity index is 457. The molecule has 0 bridgehead atoms. The fourth-order valence-electron chi connectivity index (χ4n) is 2.33. The molecule has 0 radical (unpaired) electrons. The number of pyridine rings is 1. The summed E-state index contributed by atoms with van der Waals surface area (Å²) in [4.78, 5) is 4.18. The molecule has 0 spiro atoms. The Hall–Kier alpha value is -1.57. The average molecular weight is 198 g/mol. The molecule has 0 aliphatic carbocycles. The van der Waals surface area contributed by atoms with E-state index in [9.17, 15) is 0 Å². The van der Waals surface area contributed by atoms with E-state index >= 15 is 0 Å². The third kappa shape index (κ3) is 1.46. The molecule has 0 saturated heterocycles. The molecule has 3 heterocycles. The Kier molecular flexibility index (Phi) is 2.05. The molecule has 0 fully saturated rings. The third-order valence-corrected chi connectivity index (χ3v) is 3.09. The molecular weight excluding hydrogens is 184 g/mol. The summed E-state index contributed by atoms with van der Waals surface area (Å²) in [6.07, 6.45) is 7.62. The van der Waals surface area contributed by atoms with E-state index < -0.39 is 0 Å². The zero-order valence-corrected chi connectivity index (χ0v) is 8.69. The maximum absolute atomic E-state index is 4.18. The van der Waals surface area contributed by atoms with Gasteiger partial charge < -0.3 is 4.57 Å². The monoisotopic (exact) mass is 198 g/mol. The number of rotatable bonds is 1. The molecule has 1 aliphatic heterocycles. The van der Waals surface area contributed by atoms with Crippen molar-refractivity contribution >= 4 is 0 Å². The second-order valence-electron chi connectivity index (χ2n) is 4.06. The lowest BCUT2D eigenvalue weighted by Gasteiger charge is -2.17. The molecule has 2 nitrogen and oxygen atoms in total. The molecule has 0 atom stereocenters. The van der Waals surface area contributed by atoms with Gasteiger partial charge in [-0.25, -0.2) is 0 Å². The number of aromatic nitrogens is 2. The highest BCUT2D eigenvalue weighted by Gasteiger charge is 2.12. The average Bonchev–Trinajstić information content (AvgIpc) is 2.74. The van der Waals surface area contributed by atoms with Gasteiger partial charge in [-0.2, -0.15) is 0 Å². The van der Waals surface area contributed by atoms with Gasteiger partial charge in [-0.1, -0.05) is 0 Å². The van der Waals surface area contributed by atoms with Gasteiger partial charge in [0.05, 0.1) is 0 Å². The van der Waals surface area contributed by atoms with Gasteiger partial charge in [0.15, 0.2) is 0 Å². The van der Waals surface area contributed by atoms with Gasteiger partial charge in [0, 0.05) is 35.9 Å². The summed E-state index contributed by atoms with van der Waals surface area (Å²) in [5.41, 5.74) is 4.02. The van der Waals surface area contributed by atoms with Gasteiger partial charge >= 0.3 is 0 Å². The predicted octanol–water partition coefficient (Wildman–Crippen LogP) is 2.89. The number of hydrogen-bond acceptors (Lipinski definition) is 1. The van der Waals surface area contributed by atoms with Crippen molar-refractivity contribution in [2.45, 2.75) is 25.8 Å². The van der Waals surface area contributed by atoms with Crippen LogP contribution in [0.25, 0.3) is 11.3 Å². The van der Waals surface area contributed by atoms with Gasteiger partial charge in [-0.15, -0.1) is 0 Å². The fraction of sp³-hybridized carbons (Fsp3) is 0.308. The molecule has 0 aromatic carbocycles. The molecule has 76 valence electrons. The Morgan fingerprint density at radius 3 is 3.00 bits per heavy atom. The highest BCUT2D eigenvalue weighted by Crippen LogP contribution is 2.26. The number of nitrogens with zero attached hydrogens (tertiary/aromatic N) is 2. The molecule has 0 amide bonds. The normalized spacial score (nSPS) is 14.9. The Morgan fingerprint density at radius 2 is 2.13 bits per heavy atom. The molecule has 2 aromatic heterocycles. The molecule has 1 aliphatic rings. The summed E-state index contributed by atoms with van der Waals surface area (Å²) >= 11 is 0. The second-order valence-corrected chi connectivity index (χ2v) is 4.06. The lowest BCUT2D eigenvalue weighted by molar-refractivity contribution is 0.537. The topological polar surface area (TPSA) is 17.8 Å². The Labute approximate surface area is 89.6 Å². The molecule has 0 unspecified atom stereocenters. The molecule has 0 saturated carbocycles. The first-order valence-electron chi connectivity index (χ1n) is 5.54. The predicted molar refractivity (Wildman–Crippen MR) is 60.6 cm³/mol. The maximum atomic E-state index is 4.18. The van der Waals surface area contributed by atoms with Crippen molar-refractivity contribution in [2.75, 3.05) is 0 Å². The smallest absolute Gasteiger partial charge is 0.0498 e. The SMILES string of the molecule is c1cncc(-c2ccc3n2CCCC3)c1. The Balaban J connectivity index is 2.09. The lowest BCUT2D eigenvalue weighted by Crippen LogP contribution is -2.10. The first-order valence-corrected chi connectivity index (χ1v) is 5.54. The van der Waals surface area contributed by atoms with Crippen molar-refractivity contribution in [3.05, 3.63) is 42.4 Å². The van der Waals surface area contributed by atoms with Crippen molar-refractivity contribution in [1.82, 2.24) is 9.55 Å². The summed E-state index contributed by atoms with van der Waals surface area (Å²) < 4.78 is 2.43. The van der Waals surface area contributed by atoms with E-state index in [0.717, 1.165) is 6.54 Å². The van der Waals surface area contributed by atoms with Crippen LogP contribution in [0, 0.1) is 0 Å². The maximum Gasteiger partial charge on any atom is 0.0498 e. The first kappa shape index (κ1) is 8.72. The molecule has 3 rings (SSSR count). The molecule has 2 aromatic rings. The summed E-state index contributed by atoms with van der Waals surface area (Å²) in [7, 11) is 0. The quantitative estimate of drug-likeness (QED) is 0.689. The zero-order valence-electron chi connectivity index (χ0n) is 8.69. The van der Waals surface area contributed by atoms with Crippen molar-refractivity contribution in [3.8, 4) is 11.3 Å². The standard InChI is InChI=1S/C13H14N2/c1-2-9-15-12(5-1)6-7-13(15)11-4-3-8-14-10-11/h3-4,6-8,10H,1-2,5,9H2. The summed E-state index contributed by atoms with van der Waals surface area (Å²) in [6, 6.07) is 8.60. The molecule has 2 heteroatoms. The first-order chi connectivity index (χ1) is 7.45. The highest BCUT2D eigenvalue weighted by molar-refractivity contribution is 5.59. The molecule has 15 heavy (non-hydrogen) atoms. The van der Waals surface area contributed by atoms with Gasteiger partial charge in [0.25, 0.3) is 0 Å². The molecular formula is C13H14N2. The third-order valence-electron chi connectivity index (χ3n) is 3.09. The number of aryl methyl sites for hydroxylation is 1. The van der Waals surface area contributed by atoms with Crippen LogP contribution in [0.15, 0.2) is 36.7 Å². The van der Waals surface area contributed by atoms with E-state index in [-0.39, 0.29) is 0 Å². The van der Waals surface area contributed by atoms with Crippen LogP contribution in [0.4, 0.5) is 0 Å². The van der Waals surface area contributed by atoms with Crippen LogP contribution in [0.1, 0.15) is 18.5 Å². The minimum Gasteiger partial charge on any atom is -0.345 e. The molecule has 0 N–H and O–H groups in total. The van der Waals surface area contributed by atoms with E-state index in [0.29, 0.717) is 0 Å². The van der Waals surface area contributed by atoms with Crippen LogP contribution in [-0.2, 0) is 13.0 Å². The van der Waals surface area contributed by atoms with Crippen molar-refractivity contribution < 1.29 is 0 Å². The summed E-state index contributed by atoms with van der Waals surface area (Å²) in [5.74, 6) is 0. The van der Waals surface area contributed by atoms with E-state index in [1.807, 2.05) is 18.5 Å². The summed E-state index contributed by atoms with van der Waals surface area (Å²) in [6.45, 7) is 1.16. The van der Waals surface area contributed by atoms with Gasteiger partial charge in [-0.05, 0) is 43.5 Å². The van der Waals surface area contributed by atoms with Gasteiger partial charge in [0.1, 0.15) is 0 Å². The van der Waals surface area contributed by atoms with Crippen LogP contribution in [0.3, 0.4) is 0 Å². The Morgan fingerprint density at radius 1 is 1.13 bits per heavy atom. The minimum atomic E-state index is 1.16. The van der Waals surface area contributed by atoms with E-state index in [2.05, 4.69) is 27.8 Å². The highest BCUT2D eigenvalue weighted by atomic mass is 15.0. The van der Waals surface area contributed by atoms with Crippen LogP contribution < -0.4 is 0 Å². The summed E-state index contributed by atoms with van der Waals surface area (Å²) in [5, 5.41) is 0. The lowest BCUT2D eigenvalue weighted by atomic mass is 10.1. The van der Waals surface area contributed by atoms with Crippen LogP contribution in [-0.4, -0.2) is 9.55 Å².